The summed E-state index contributed by atoms with van der Waals surface area (Å²) in [4.78, 5) is 16.2. The fraction of sp³-hybridized carbons (Fsp3) is 0.125. The van der Waals surface area contributed by atoms with E-state index in [0.717, 1.165) is 5.56 Å². The minimum Gasteiger partial charge on any atom is -0.268 e. The lowest BCUT2D eigenvalue weighted by Gasteiger charge is -2.15. The third-order valence-electron chi connectivity index (χ3n) is 3.29. The first-order valence-corrected chi connectivity index (χ1v) is 6.54. The Morgan fingerprint density at radius 3 is 2.45 bits per heavy atom. The van der Waals surface area contributed by atoms with E-state index in [1.54, 1.807) is 31.2 Å². The highest BCUT2D eigenvalue weighted by Gasteiger charge is 2.37. The summed E-state index contributed by atoms with van der Waals surface area (Å²) < 4.78 is 40.6. The van der Waals surface area contributed by atoms with E-state index in [0.29, 0.717) is 4.57 Å². The SMILES string of the molecule is Cc1cccc(-n2c(C(F)(F)F)nc3ccccc3c2=O)c1. The van der Waals surface area contributed by atoms with Gasteiger partial charge in [0.25, 0.3) is 5.56 Å². The summed E-state index contributed by atoms with van der Waals surface area (Å²) in [7, 11) is 0. The van der Waals surface area contributed by atoms with Crippen molar-refractivity contribution in [3.05, 3.63) is 70.3 Å². The fourth-order valence-corrected chi connectivity index (χ4v) is 2.33. The van der Waals surface area contributed by atoms with Gasteiger partial charge in [0.05, 0.1) is 16.6 Å². The van der Waals surface area contributed by atoms with Crippen molar-refractivity contribution < 1.29 is 13.2 Å². The first-order chi connectivity index (χ1) is 10.4. The van der Waals surface area contributed by atoms with Gasteiger partial charge in [0.2, 0.25) is 5.82 Å². The number of nitrogens with zero attached hydrogens (tertiary/aromatic N) is 2. The quantitative estimate of drug-likeness (QED) is 0.687. The van der Waals surface area contributed by atoms with Crippen LogP contribution < -0.4 is 5.56 Å². The smallest absolute Gasteiger partial charge is 0.268 e. The summed E-state index contributed by atoms with van der Waals surface area (Å²) in [6.07, 6.45) is -4.73. The summed E-state index contributed by atoms with van der Waals surface area (Å²) in [6.45, 7) is 1.75. The molecule has 0 unspecified atom stereocenters. The number of rotatable bonds is 1. The molecule has 0 aliphatic carbocycles. The highest BCUT2D eigenvalue weighted by atomic mass is 19.4. The summed E-state index contributed by atoms with van der Waals surface area (Å²) in [5.74, 6) is -1.22. The molecule has 0 aliphatic heterocycles. The maximum absolute atomic E-state index is 13.3. The second kappa shape index (κ2) is 4.98. The minimum absolute atomic E-state index is 0.0312. The molecule has 0 aliphatic rings. The first kappa shape index (κ1) is 14.3. The second-order valence-electron chi connectivity index (χ2n) is 4.93. The van der Waals surface area contributed by atoms with E-state index in [-0.39, 0.29) is 16.6 Å². The van der Waals surface area contributed by atoms with Crippen molar-refractivity contribution in [1.29, 1.82) is 0 Å². The molecule has 0 bridgehead atoms. The van der Waals surface area contributed by atoms with Gasteiger partial charge in [-0.2, -0.15) is 13.2 Å². The molecule has 112 valence electrons. The lowest BCUT2D eigenvalue weighted by atomic mass is 10.2. The van der Waals surface area contributed by atoms with Crippen LogP contribution in [0.25, 0.3) is 16.6 Å². The van der Waals surface area contributed by atoms with Gasteiger partial charge in [-0.1, -0.05) is 24.3 Å². The highest BCUT2D eigenvalue weighted by Crippen LogP contribution is 2.29. The number of benzene rings is 2. The van der Waals surface area contributed by atoms with Gasteiger partial charge in [-0.05, 0) is 36.8 Å². The van der Waals surface area contributed by atoms with Crippen molar-refractivity contribution in [3.63, 3.8) is 0 Å². The van der Waals surface area contributed by atoms with E-state index in [1.165, 1.54) is 24.3 Å². The van der Waals surface area contributed by atoms with Crippen molar-refractivity contribution in [2.24, 2.45) is 0 Å². The number of aryl methyl sites for hydroxylation is 1. The molecule has 1 aromatic heterocycles. The third-order valence-corrected chi connectivity index (χ3v) is 3.29. The molecule has 1 heterocycles. The number of hydrogen-bond donors (Lipinski definition) is 0. The maximum atomic E-state index is 13.3. The minimum atomic E-state index is -4.73. The molecular formula is C16H11F3N2O. The van der Waals surface area contributed by atoms with Gasteiger partial charge >= 0.3 is 6.18 Å². The molecular weight excluding hydrogens is 293 g/mol. The van der Waals surface area contributed by atoms with Crippen molar-refractivity contribution >= 4 is 10.9 Å². The Hall–Kier alpha value is -2.63. The van der Waals surface area contributed by atoms with Crippen molar-refractivity contribution in [2.75, 3.05) is 0 Å². The average molecular weight is 304 g/mol. The van der Waals surface area contributed by atoms with E-state index in [1.807, 2.05) is 0 Å². The van der Waals surface area contributed by atoms with Gasteiger partial charge in [0, 0.05) is 0 Å². The Balaban J connectivity index is 2.46. The van der Waals surface area contributed by atoms with Crippen molar-refractivity contribution in [2.45, 2.75) is 13.1 Å². The number of para-hydroxylation sites is 1. The molecule has 0 atom stereocenters. The van der Waals surface area contributed by atoms with Crippen LogP contribution in [0.1, 0.15) is 11.4 Å². The topological polar surface area (TPSA) is 34.9 Å². The van der Waals surface area contributed by atoms with Gasteiger partial charge in [-0.15, -0.1) is 0 Å². The summed E-state index contributed by atoms with van der Waals surface area (Å²) >= 11 is 0. The summed E-state index contributed by atoms with van der Waals surface area (Å²) in [6, 6.07) is 12.3. The van der Waals surface area contributed by atoms with Crippen molar-refractivity contribution in [3.8, 4) is 5.69 Å². The highest BCUT2D eigenvalue weighted by molar-refractivity contribution is 5.77. The fourth-order valence-electron chi connectivity index (χ4n) is 2.33. The Labute approximate surface area is 123 Å². The van der Waals surface area contributed by atoms with E-state index >= 15 is 0 Å². The van der Waals surface area contributed by atoms with Crippen LogP contribution in [0.2, 0.25) is 0 Å². The van der Waals surface area contributed by atoms with Crippen molar-refractivity contribution in [1.82, 2.24) is 9.55 Å². The summed E-state index contributed by atoms with van der Waals surface area (Å²) in [5.41, 5.74) is 0.202. The lowest BCUT2D eigenvalue weighted by molar-refractivity contribution is -0.146. The van der Waals surface area contributed by atoms with Gasteiger partial charge in [-0.3, -0.25) is 9.36 Å². The molecule has 3 rings (SSSR count). The van der Waals surface area contributed by atoms with Gasteiger partial charge < -0.3 is 0 Å². The van der Waals surface area contributed by atoms with Gasteiger partial charge in [0.15, 0.2) is 0 Å². The average Bonchev–Trinajstić information content (AvgIpc) is 2.46. The molecule has 3 nitrogen and oxygen atoms in total. The lowest BCUT2D eigenvalue weighted by Crippen LogP contribution is -2.28. The molecule has 3 aromatic rings. The maximum Gasteiger partial charge on any atom is 0.450 e. The largest absolute Gasteiger partial charge is 0.450 e. The number of fused-ring (bicyclic) bond motifs is 1. The van der Waals surface area contributed by atoms with E-state index in [2.05, 4.69) is 4.98 Å². The standard InChI is InChI=1S/C16H11F3N2O/c1-10-5-4-6-11(9-10)21-14(22)12-7-2-3-8-13(12)20-15(21)16(17,18)19/h2-9H,1H3. The van der Waals surface area contributed by atoms with Crippen LogP contribution >= 0.6 is 0 Å². The number of halogens is 3. The predicted molar refractivity (Wildman–Crippen MR) is 77.1 cm³/mol. The van der Waals surface area contributed by atoms with Crippen LogP contribution in [0.5, 0.6) is 0 Å². The second-order valence-corrected chi connectivity index (χ2v) is 4.93. The van der Waals surface area contributed by atoms with E-state index in [9.17, 15) is 18.0 Å². The monoisotopic (exact) mass is 304 g/mol. The molecule has 6 heteroatoms. The molecule has 0 saturated heterocycles. The number of aromatic nitrogens is 2. The molecule has 0 N–H and O–H groups in total. The Morgan fingerprint density at radius 2 is 1.77 bits per heavy atom. The normalized spacial score (nSPS) is 11.8. The van der Waals surface area contributed by atoms with Crippen LogP contribution in [-0.4, -0.2) is 9.55 Å². The molecule has 22 heavy (non-hydrogen) atoms. The van der Waals surface area contributed by atoms with Gasteiger partial charge in [0.1, 0.15) is 0 Å². The van der Waals surface area contributed by atoms with E-state index in [4.69, 9.17) is 0 Å². The number of alkyl halides is 3. The van der Waals surface area contributed by atoms with Crippen LogP contribution in [0.3, 0.4) is 0 Å². The van der Waals surface area contributed by atoms with Crippen LogP contribution in [0, 0.1) is 6.92 Å². The third kappa shape index (κ3) is 2.36. The molecule has 0 fully saturated rings. The molecule has 0 amide bonds. The predicted octanol–water partition coefficient (Wildman–Crippen LogP) is 3.71. The zero-order valence-corrected chi connectivity index (χ0v) is 11.6. The zero-order valence-electron chi connectivity index (χ0n) is 11.6. The molecule has 2 aromatic carbocycles. The first-order valence-electron chi connectivity index (χ1n) is 6.54. The molecule has 0 radical (unpaired) electrons. The molecule has 0 spiro atoms. The van der Waals surface area contributed by atoms with Crippen LogP contribution in [-0.2, 0) is 6.18 Å². The number of hydrogen-bond acceptors (Lipinski definition) is 2. The Kier molecular flexibility index (Phi) is 3.24. The van der Waals surface area contributed by atoms with Crippen LogP contribution in [0.15, 0.2) is 53.3 Å². The Morgan fingerprint density at radius 1 is 1.05 bits per heavy atom. The van der Waals surface area contributed by atoms with E-state index < -0.39 is 17.6 Å². The van der Waals surface area contributed by atoms with Gasteiger partial charge in [-0.25, -0.2) is 4.98 Å². The zero-order chi connectivity index (χ0) is 15.9. The summed E-state index contributed by atoms with van der Waals surface area (Å²) in [5, 5.41) is 0.150. The molecule has 0 saturated carbocycles. The van der Waals surface area contributed by atoms with Crippen LogP contribution in [0.4, 0.5) is 13.2 Å². The Bertz CT molecular complexity index is 913.